The first-order chi connectivity index (χ1) is 13.6. The molecule has 1 amide bonds. The molecular weight excluding hydrogens is 381 g/mol. The molecule has 1 aromatic heterocycles. The average Bonchev–Trinajstić information content (AvgIpc) is 3.35. The van der Waals surface area contributed by atoms with Crippen LogP contribution in [0.2, 0.25) is 0 Å². The smallest absolute Gasteiger partial charge is 0.227 e. The van der Waals surface area contributed by atoms with Crippen molar-refractivity contribution in [2.24, 2.45) is 0 Å². The average molecular weight is 397 g/mol. The maximum absolute atomic E-state index is 13.4. The molecule has 0 atom stereocenters. The Morgan fingerprint density at radius 2 is 1.96 bits per heavy atom. The molecular formula is C19H16FN5O2S. The number of carbonyl (C=O) groups is 2. The number of nitrogens with zero attached hydrogens (tertiary/aromatic N) is 5. The molecule has 28 heavy (non-hydrogen) atoms. The van der Waals surface area contributed by atoms with Gasteiger partial charge in [0.05, 0.1) is 11.4 Å². The van der Waals surface area contributed by atoms with Gasteiger partial charge in [0.25, 0.3) is 0 Å². The van der Waals surface area contributed by atoms with Gasteiger partial charge in [0.15, 0.2) is 5.78 Å². The summed E-state index contributed by atoms with van der Waals surface area (Å²) in [5.74, 6) is -0.304. The fourth-order valence-corrected chi connectivity index (χ4v) is 3.81. The number of tetrazole rings is 1. The van der Waals surface area contributed by atoms with Crippen LogP contribution in [0.5, 0.6) is 0 Å². The molecule has 1 aliphatic heterocycles. The number of Topliss-reactive ketones (excluding diaryl/α,β-unsaturated/α-hetero) is 1. The van der Waals surface area contributed by atoms with Gasteiger partial charge >= 0.3 is 0 Å². The lowest BCUT2D eigenvalue weighted by Crippen LogP contribution is -2.23. The molecule has 2 heterocycles. The maximum atomic E-state index is 13.4. The molecule has 4 rings (SSSR count). The number of ketones is 1. The van der Waals surface area contributed by atoms with Crippen LogP contribution in [-0.4, -0.2) is 44.2 Å². The van der Waals surface area contributed by atoms with Gasteiger partial charge in [0.2, 0.25) is 11.1 Å². The van der Waals surface area contributed by atoms with Gasteiger partial charge in [0.1, 0.15) is 5.82 Å². The van der Waals surface area contributed by atoms with Gasteiger partial charge in [0, 0.05) is 24.2 Å². The number of hydrogen-bond acceptors (Lipinski definition) is 6. The third-order valence-electron chi connectivity index (χ3n) is 4.38. The highest BCUT2D eigenvalue weighted by molar-refractivity contribution is 7.99. The highest BCUT2D eigenvalue weighted by Gasteiger charge is 2.22. The molecule has 9 heteroatoms. The third-order valence-corrected chi connectivity index (χ3v) is 5.30. The number of benzene rings is 2. The normalized spacial score (nSPS) is 13.9. The third kappa shape index (κ3) is 3.79. The minimum absolute atomic E-state index is 0.0771. The van der Waals surface area contributed by atoms with Crippen molar-refractivity contribution in [2.45, 2.75) is 18.0 Å². The number of carbonyl (C=O) groups excluding carboxylic acids is 2. The summed E-state index contributed by atoms with van der Waals surface area (Å²) in [5.41, 5.74) is 1.74. The van der Waals surface area contributed by atoms with E-state index < -0.39 is 5.82 Å². The Morgan fingerprint density at radius 1 is 1.14 bits per heavy atom. The standard InChI is InChI=1S/C19H16FN5O2S/c20-14-5-2-7-16(11-14)25-19(21-22-23-25)28-12-17(26)13-4-1-6-15(10-13)24-9-3-8-18(24)27/h1-2,4-7,10-11H,3,8-9,12H2. The lowest BCUT2D eigenvalue weighted by Gasteiger charge is -2.16. The molecule has 0 saturated carbocycles. The van der Waals surface area contributed by atoms with Gasteiger partial charge < -0.3 is 4.90 Å². The summed E-state index contributed by atoms with van der Waals surface area (Å²) in [6.07, 6.45) is 1.37. The topological polar surface area (TPSA) is 81.0 Å². The van der Waals surface area contributed by atoms with Crippen molar-refractivity contribution in [2.75, 3.05) is 17.2 Å². The van der Waals surface area contributed by atoms with Crippen molar-refractivity contribution < 1.29 is 14.0 Å². The van der Waals surface area contributed by atoms with Crippen molar-refractivity contribution in [3.05, 3.63) is 59.9 Å². The quantitative estimate of drug-likeness (QED) is 0.470. The minimum Gasteiger partial charge on any atom is -0.312 e. The van der Waals surface area contributed by atoms with E-state index in [1.807, 2.05) is 6.07 Å². The van der Waals surface area contributed by atoms with E-state index in [2.05, 4.69) is 15.5 Å². The molecule has 2 aromatic carbocycles. The van der Waals surface area contributed by atoms with Crippen molar-refractivity contribution in [3.8, 4) is 5.69 Å². The van der Waals surface area contributed by atoms with Gasteiger partial charge in [-0.25, -0.2) is 4.39 Å². The van der Waals surface area contributed by atoms with E-state index in [0.29, 0.717) is 29.4 Å². The lowest BCUT2D eigenvalue weighted by molar-refractivity contribution is -0.117. The van der Waals surface area contributed by atoms with Crippen molar-refractivity contribution in [1.82, 2.24) is 20.2 Å². The number of hydrogen-bond donors (Lipinski definition) is 0. The van der Waals surface area contributed by atoms with Crippen LogP contribution < -0.4 is 4.90 Å². The summed E-state index contributed by atoms with van der Waals surface area (Å²) < 4.78 is 14.8. The highest BCUT2D eigenvalue weighted by atomic mass is 32.2. The molecule has 1 aliphatic rings. The van der Waals surface area contributed by atoms with E-state index in [4.69, 9.17) is 0 Å². The predicted molar refractivity (Wildman–Crippen MR) is 102 cm³/mol. The summed E-state index contributed by atoms with van der Waals surface area (Å²) in [7, 11) is 0. The number of thioether (sulfide) groups is 1. The maximum Gasteiger partial charge on any atom is 0.227 e. The Bertz CT molecular complexity index is 1040. The molecule has 0 N–H and O–H groups in total. The number of halogens is 1. The van der Waals surface area contributed by atoms with Crippen LogP contribution in [0, 0.1) is 5.82 Å². The van der Waals surface area contributed by atoms with Crippen LogP contribution in [0.3, 0.4) is 0 Å². The first kappa shape index (κ1) is 18.3. The first-order valence-electron chi connectivity index (χ1n) is 8.72. The molecule has 0 spiro atoms. The predicted octanol–water partition coefficient (Wildman–Crippen LogP) is 2.90. The molecule has 0 radical (unpaired) electrons. The van der Waals surface area contributed by atoms with Crippen LogP contribution in [0.1, 0.15) is 23.2 Å². The van der Waals surface area contributed by atoms with E-state index in [1.165, 1.54) is 28.6 Å². The Labute approximate surface area is 164 Å². The van der Waals surface area contributed by atoms with Gasteiger partial charge in [-0.2, -0.15) is 4.68 Å². The Balaban J connectivity index is 1.47. The van der Waals surface area contributed by atoms with E-state index in [0.717, 1.165) is 12.1 Å². The van der Waals surface area contributed by atoms with Gasteiger partial charge in [-0.05, 0) is 47.2 Å². The number of anilines is 1. The molecule has 0 unspecified atom stereocenters. The molecule has 1 saturated heterocycles. The lowest BCUT2D eigenvalue weighted by atomic mass is 10.1. The van der Waals surface area contributed by atoms with Crippen molar-refractivity contribution >= 4 is 29.1 Å². The molecule has 7 nitrogen and oxygen atoms in total. The van der Waals surface area contributed by atoms with E-state index >= 15 is 0 Å². The second-order valence-corrected chi connectivity index (χ2v) is 7.21. The Kier molecular flexibility index (Phi) is 5.16. The summed E-state index contributed by atoms with van der Waals surface area (Å²) in [4.78, 5) is 26.2. The van der Waals surface area contributed by atoms with Crippen LogP contribution in [0.4, 0.5) is 10.1 Å². The fraction of sp³-hybridized carbons (Fsp3) is 0.211. The zero-order valence-corrected chi connectivity index (χ0v) is 15.6. The monoisotopic (exact) mass is 397 g/mol. The van der Waals surface area contributed by atoms with Crippen LogP contribution in [-0.2, 0) is 4.79 Å². The van der Waals surface area contributed by atoms with Crippen molar-refractivity contribution in [1.29, 1.82) is 0 Å². The first-order valence-corrected chi connectivity index (χ1v) is 9.71. The molecule has 1 fully saturated rings. The van der Waals surface area contributed by atoms with Gasteiger partial charge in [-0.1, -0.05) is 30.0 Å². The Morgan fingerprint density at radius 3 is 2.75 bits per heavy atom. The number of aromatic nitrogens is 4. The zero-order chi connectivity index (χ0) is 19.5. The fourth-order valence-electron chi connectivity index (χ4n) is 3.02. The SMILES string of the molecule is O=C(CSc1nnnn1-c1cccc(F)c1)c1cccc(N2CCCC2=O)c1. The highest BCUT2D eigenvalue weighted by Crippen LogP contribution is 2.24. The van der Waals surface area contributed by atoms with Crippen LogP contribution in [0.15, 0.2) is 53.7 Å². The molecule has 142 valence electrons. The number of amides is 1. The number of rotatable bonds is 6. The Hall–Kier alpha value is -3.07. The van der Waals surface area contributed by atoms with Crippen LogP contribution in [0.25, 0.3) is 5.69 Å². The minimum atomic E-state index is -0.395. The summed E-state index contributed by atoms with van der Waals surface area (Å²) in [5, 5.41) is 11.8. The molecule has 0 aliphatic carbocycles. The zero-order valence-electron chi connectivity index (χ0n) is 14.8. The van der Waals surface area contributed by atoms with E-state index in [1.54, 1.807) is 35.2 Å². The molecule has 0 bridgehead atoms. The molecule has 3 aromatic rings. The summed E-state index contributed by atoms with van der Waals surface area (Å²) in [6.45, 7) is 0.674. The summed E-state index contributed by atoms with van der Waals surface area (Å²) in [6, 6.07) is 13.0. The van der Waals surface area contributed by atoms with Crippen LogP contribution >= 0.6 is 11.8 Å². The second-order valence-electron chi connectivity index (χ2n) is 6.26. The van der Waals surface area contributed by atoms with E-state index in [-0.39, 0.29) is 17.4 Å². The van der Waals surface area contributed by atoms with E-state index in [9.17, 15) is 14.0 Å². The second kappa shape index (κ2) is 7.89. The van der Waals surface area contributed by atoms with Crippen molar-refractivity contribution in [3.63, 3.8) is 0 Å². The van der Waals surface area contributed by atoms with Gasteiger partial charge in [-0.3, -0.25) is 9.59 Å². The van der Waals surface area contributed by atoms with Gasteiger partial charge in [-0.15, -0.1) is 5.10 Å². The largest absolute Gasteiger partial charge is 0.312 e. The summed E-state index contributed by atoms with van der Waals surface area (Å²) >= 11 is 1.17.